The summed E-state index contributed by atoms with van der Waals surface area (Å²) in [7, 11) is -5.17. The second-order valence-electron chi connectivity index (χ2n) is 6.53. The molecule has 2 aromatic rings. The van der Waals surface area contributed by atoms with E-state index in [1.54, 1.807) is 5.56 Å². The summed E-state index contributed by atoms with van der Waals surface area (Å²) in [5.74, 6) is 1.43. The van der Waals surface area contributed by atoms with Crippen LogP contribution in [-0.4, -0.2) is 17.5 Å². The molecule has 0 aliphatic heterocycles. The third-order valence-corrected chi connectivity index (χ3v) is 3.38. The Bertz CT molecular complexity index is 736. The number of benzene rings is 2. The molecule has 0 atom stereocenters. The van der Waals surface area contributed by atoms with E-state index >= 15 is 0 Å². The van der Waals surface area contributed by atoms with E-state index in [4.69, 9.17) is 17.5 Å². The Morgan fingerprint density at radius 1 is 0.840 bits per heavy atom. The van der Waals surface area contributed by atoms with Gasteiger partial charge in [-0.1, -0.05) is 64.1 Å². The fourth-order valence-corrected chi connectivity index (χ4v) is 2.66. The van der Waals surface area contributed by atoms with Gasteiger partial charge in [0.2, 0.25) is 0 Å². The predicted molar refractivity (Wildman–Crippen MR) is 91.5 cm³/mol. The quantitative estimate of drug-likeness (QED) is 0.345. The fraction of sp³-hybridized carbons (Fsp3) is 0.444. The summed E-state index contributed by atoms with van der Waals surface area (Å²) in [5.41, 5.74) is 3.11. The number of hydrogen-bond acceptors (Lipinski definition) is 4. The second-order valence-corrected chi connectivity index (χ2v) is 7.35. The van der Waals surface area contributed by atoms with Crippen molar-refractivity contribution in [2.24, 2.45) is 11.8 Å². The van der Waals surface area contributed by atoms with E-state index in [0.717, 1.165) is 5.92 Å². The number of rotatable bonds is 4. The van der Waals surface area contributed by atoms with E-state index in [1.807, 2.05) is 0 Å². The van der Waals surface area contributed by atoms with Gasteiger partial charge in [0.15, 0.2) is 0 Å². The fourth-order valence-electron chi connectivity index (χ4n) is 2.66. The molecule has 0 bridgehead atoms. The topological polar surface area (TPSA) is 80.3 Å². The van der Waals surface area contributed by atoms with Crippen LogP contribution in [0.15, 0.2) is 36.4 Å². The largest absolute Gasteiger partial charge is 1.00 e. The zero-order chi connectivity index (χ0) is 17.6. The van der Waals surface area contributed by atoms with Crippen molar-refractivity contribution >= 4 is 21.2 Å². The van der Waals surface area contributed by atoms with Gasteiger partial charge in [-0.15, -0.1) is 0 Å². The standard InChI is InChI=1S/C18H24.2Na.H2O4S/c1-13(2)11-16-10-9-15-7-5-6-8-17(15)18(16)12-14(3)4;;;1-5(2,3)4/h5-10,13-14H,11-12H2,1-4H3;;;(H2,1,2,3,4)/q;2*+1;/p-2. The molecule has 0 aliphatic rings. The van der Waals surface area contributed by atoms with Gasteiger partial charge in [-0.25, -0.2) is 0 Å². The number of fused-ring (bicyclic) bond motifs is 1. The van der Waals surface area contributed by atoms with Crippen LogP contribution >= 0.6 is 0 Å². The van der Waals surface area contributed by atoms with Crippen molar-refractivity contribution in [1.82, 2.24) is 0 Å². The normalized spacial score (nSPS) is 10.7. The Morgan fingerprint density at radius 3 is 1.80 bits per heavy atom. The van der Waals surface area contributed by atoms with Crippen LogP contribution in [0.4, 0.5) is 0 Å². The van der Waals surface area contributed by atoms with Gasteiger partial charge in [0.25, 0.3) is 0 Å². The molecule has 0 fully saturated rings. The predicted octanol–water partition coefficient (Wildman–Crippen LogP) is -2.09. The molecule has 0 amide bonds. The van der Waals surface area contributed by atoms with E-state index < -0.39 is 10.4 Å². The minimum atomic E-state index is -5.17. The van der Waals surface area contributed by atoms with E-state index in [1.165, 1.54) is 29.2 Å². The van der Waals surface area contributed by atoms with Gasteiger partial charge in [0, 0.05) is 10.4 Å². The van der Waals surface area contributed by atoms with E-state index in [9.17, 15) is 0 Å². The first-order valence-electron chi connectivity index (χ1n) is 7.74. The van der Waals surface area contributed by atoms with Gasteiger partial charge in [0.05, 0.1) is 0 Å². The van der Waals surface area contributed by atoms with E-state index in [-0.39, 0.29) is 59.1 Å². The Morgan fingerprint density at radius 2 is 1.32 bits per heavy atom. The molecule has 128 valence electrons. The van der Waals surface area contributed by atoms with Crippen LogP contribution in [0.3, 0.4) is 0 Å². The van der Waals surface area contributed by atoms with Gasteiger partial charge < -0.3 is 9.11 Å². The van der Waals surface area contributed by atoms with Gasteiger partial charge in [-0.05, 0) is 46.6 Å². The van der Waals surface area contributed by atoms with Crippen molar-refractivity contribution in [1.29, 1.82) is 0 Å². The molecular formula is C18H24Na2O4S. The van der Waals surface area contributed by atoms with Crippen LogP contribution in [0.2, 0.25) is 0 Å². The molecule has 2 aromatic carbocycles. The first-order valence-corrected chi connectivity index (χ1v) is 9.07. The molecule has 4 nitrogen and oxygen atoms in total. The molecule has 0 aromatic heterocycles. The average Bonchev–Trinajstić information content (AvgIpc) is 2.38. The monoisotopic (exact) mass is 382 g/mol. The van der Waals surface area contributed by atoms with Gasteiger partial charge in [0.1, 0.15) is 0 Å². The Hall–Kier alpha value is 0.570. The molecule has 0 spiro atoms. The summed E-state index contributed by atoms with van der Waals surface area (Å²) >= 11 is 0. The molecule has 0 radical (unpaired) electrons. The second kappa shape index (κ2) is 12.9. The average molecular weight is 382 g/mol. The van der Waals surface area contributed by atoms with Crippen molar-refractivity contribution in [3.05, 3.63) is 47.5 Å². The summed E-state index contributed by atoms with van der Waals surface area (Å²) in [5, 5.41) is 2.82. The van der Waals surface area contributed by atoms with Crippen molar-refractivity contribution in [3.8, 4) is 0 Å². The van der Waals surface area contributed by atoms with Crippen LogP contribution in [0.1, 0.15) is 38.8 Å². The van der Waals surface area contributed by atoms with Crippen LogP contribution in [0, 0.1) is 11.8 Å². The zero-order valence-corrected chi connectivity index (χ0v) is 20.9. The molecule has 7 heteroatoms. The Labute approximate surface area is 195 Å². The molecule has 0 saturated carbocycles. The number of hydrogen-bond donors (Lipinski definition) is 0. The SMILES string of the molecule is CC(C)Cc1ccc2ccccc2c1CC(C)C.O=S(=O)([O-])[O-].[Na+].[Na+]. The summed E-state index contributed by atoms with van der Waals surface area (Å²) in [6.45, 7) is 9.21. The maximum absolute atomic E-state index is 8.52. The minimum Gasteiger partial charge on any atom is -0.759 e. The smallest absolute Gasteiger partial charge is 0.759 e. The molecule has 25 heavy (non-hydrogen) atoms. The van der Waals surface area contributed by atoms with Crippen molar-refractivity contribution in [2.75, 3.05) is 0 Å². The third kappa shape index (κ3) is 11.8. The zero-order valence-electron chi connectivity index (χ0n) is 16.1. The molecule has 0 unspecified atom stereocenters. The third-order valence-electron chi connectivity index (χ3n) is 3.38. The summed E-state index contributed by atoms with van der Waals surface area (Å²) in [6, 6.07) is 13.4. The molecule has 2 rings (SSSR count). The van der Waals surface area contributed by atoms with Gasteiger partial charge >= 0.3 is 59.1 Å². The Kier molecular flexibility index (Phi) is 14.3. The van der Waals surface area contributed by atoms with Gasteiger partial charge in [-0.3, -0.25) is 8.42 Å². The van der Waals surface area contributed by atoms with Gasteiger partial charge in [-0.2, -0.15) is 0 Å². The summed E-state index contributed by atoms with van der Waals surface area (Å²) in [4.78, 5) is 0. The molecule has 0 saturated heterocycles. The summed E-state index contributed by atoms with van der Waals surface area (Å²) in [6.07, 6.45) is 2.37. The maximum atomic E-state index is 8.52. The van der Waals surface area contributed by atoms with Crippen LogP contribution < -0.4 is 59.1 Å². The van der Waals surface area contributed by atoms with Crippen LogP contribution in [0.5, 0.6) is 0 Å². The molecule has 0 heterocycles. The van der Waals surface area contributed by atoms with Crippen LogP contribution in [-0.2, 0) is 23.2 Å². The van der Waals surface area contributed by atoms with Crippen molar-refractivity contribution in [3.63, 3.8) is 0 Å². The first kappa shape index (κ1) is 27.8. The van der Waals surface area contributed by atoms with Crippen molar-refractivity contribution < 1.29 is 76.6 Å². The Balaban J connectivity index is 0. The molecule has 0 N–H and O–H groups in total. The van der Waals surface area contributed by atoms with E-state index in [2.05, 4.69) is 64.1 Å². The maximum Gasteiger partial charge on any atom is 1.00 e. The molecular weight excluding hydrogens is 358 g/mol. The van der Waals surface area contributed by atoms with Crippen LogP contribution in [0.25, 0.3) is 10.8 Å². The van der Waals surface area contributed by atoms with Crippen molar-refractivity contribution in [2.45, 2.75) is 40.5 Å². The summed E-state index contributed by atoms with van der Waals surface area (Å²) < 4.78 is 34.1. The first-order chi connectivity index (χ1) is 10.6. The molecule has 0 aliphatic carbocycles. The minimum absolute atomic E-state index is 0. The van der Waals surface area contributed by atoms with E-state index in [0.29, 0.717) is 5.92 Å².